The van der Waals surface area contributed by atoms with Gasteiger partial charge in [-0.25, -0.2) is 0 Å². The quantitative estimate of drug-likeness (QED) is 0.107. The first-order chi connectivity index (χ1) is 29.3. The van der Waals surface area contributed by atoms with Gasteiger partial charge in [0.1, 0.15) is 5.58 Å². The molecule has 0 aliphatic heterocycles. The average Bonchev–Trinajstić information content (AvgIpc) is 3.83. The van der Waals surface area contributed by atoms with Crippen molar-refractivity contribution in [1.29, 1.82) is 0 Å². The zero-order chi connectivity index (χ0) is 43.0. The third-order valence-corrected chi connectivity index (χ3v) is 13.5. The molecule has 5 aromatic carbocycles. The summed E-state index contributed by atoms with van der Waals surface area (Å²) >= 11 is 0. The van der Waals surface area contributed by atoms with Crippen molar-refractivity contribution in [1.82, 2.24) is 19.5 Å². The van der Waals surface area contributed by atoms with Crippen LogP contribution in [0.1, 0.15) is 75.8 Å². The van der Waals surface area contributed by atoms with Gasteiger partial charge in [-0.3, -0.25) is 9.97 Å². The van der Waals surface area contributed by atoms with Gasteiger partial charge in [-0.2, -0.15) is 0 Å². The molecule has 0 aliphatic rings. The molecule has 0 amide bonds. The molecule has 0 saturated carbocycles. The van der Waals surface area contributed by atoms with Crippen molar-refractivity contribution in [3.05, 3.63) is 162 Å². The van der Waals surface area contributed by atoms with E-state index in [1.165, 1.54) is 38.7 Å². The number of fused-ring (bicyclic) bond motifs is 4. The Morgan fingerprint density at radius 2 is 1.37 bits per heavy atom. The number of aromatic nitrogens is 4. The molecule has 0 saturated heterocycles. The fraction of sp³-hybridized carbons (Fsp3) is 0.255. The maximum Gasteiger partial charge on any atom is 0.142 e. The summed E-state index contributed by atoms with van der Waals surface area (Å²) in [4.78, 5) is 14.4. The molecule has 5 nitrogen and oxygen atoms in total. The molecule has 0 fully saturated rings. The smallest absolute Gasteiger partial charge is 0.142 e. The van der Waals surface area contributed by atoms with Gasteiger partial charge in [0, 0.05) is 43.6 Å². The SMILES string of the molecule is CC(C)Cc1cc(-c2[c-]cccc2)ncc1[Si](C)(C)C.Cc1nccc2c1oc1c(-c3nc4ccccc4n3-c3c(C(C)C)cc(-c4ccccc4)cc3C(C)C)[c-]ccc12.[Ir]. The van der Waals surface area contributed by atoms with Crippen molar-refractivity contribution < 1.29 is 24.5 Å². The third kappa shape index (κ3) is 8.90. The fourth-order valence-corrected chi connectivity index (χ4v) is 10.1. The fourth-order valence-electron chi connectivity index (χ4n) is 8.48. The summed E-state index contributed by atoms with van der Waals surface area (Å²) in [5.74, 6) is 2.08. The molecule has 4 aromatic heterocycles. The monoisotopic (exact) mass is 1010 g/mol. The van der Waals surface area contributed by atoms with Gasteiger partial charge >= 0.3 is 0 Å². The van der Waals surface area contributed by atoms with Crippen LogP contribution in [0.3, 0.4) is 0 Å². The molecule has 7 heteroatoms. The van der Waals surface area contributed by atoms with Gasteiger partial charge in [0.05, 0.1) is 36.2 Å². The van der Waals surface area contributed by atoms with E-state index in [-0.39, 0.29) is 20.1 Å². The summed E-state index contributed by atoms with van der Waals surface area (Å²) in [5.41, 5.74) is 15.2. The van der Waals surface area contributed by atoms with Crippen LogP contribution in [0.2, 0.25) is 19.6 Å². The number of para-hydroxylation sites is 2. The average molecular weight is 1010 g/mol. The number of furan rings is 1. The van der Waals surface area contributed by atoms with Crippen LogP contribution in [0.25, 0.3) is 72.4 Å². The predicted molar refractivity (Wildman–Crippen MR) is 259 cm³/mol. The Morgan fingerprint density at radius 1 is 0.694 bits per heavy atom. The number of nitrogens with zero attached hydrogens (tertiary/aromatic N) is 4. The van der Waals surface area contributed by atoms with Crippen LogP contribution in [0, 0.1) is 25.0 Å². The third-order valence-electron chi connectivity index (χ3n) is 11.5. The minimum Gasteiger partial charge on any atom is -0.499 e. The van der Waals surface area contributed by atoms with E-state index in [2.05, 4.69) is 179 Å². The molecule has 9 aromatic rings. The van der Waals surface area contributed by atoms with Gasteiger partial charge in [0.2, 0.25) is 0 Å². The van der Waals surface area contributed by atoms with E-state index in [1.54, 1.807) is 0 Å². The van der Waals surface area contributed by atoms with Crippen molar-refractivity contribution in [2.45, 2.75) is 86.4 Å². The molecule has 0 N–H and O–H groups in total. The van der Waals surface area contributed by atoms with E-state index in [1.807, 2.05) is 43.5 Å². The van der Waals surface area contributed by atoms with Gasteiger partial charge < -0.3 is 14.0 Å². The maximum atomic E-state index is 6.54. The summed E-state index contributed by atoms with van der Waals surface area (Å²) in [7, 11) is -1.34. The molecular weight excluding hydrogens is 953 g/mol. The van der Waals surface area contributed by atoms with Crippen molar-refractivity contribution in [3.8, 4) is 39.5 Å². The van der Waals surface area contributed by atoms with Gasteiger partial charge in [-0.15, -0.1) is 54.1 Å². The van der Waals surface area contributed by atoms with Crippen LogP contribution < -0.4 is 5.19 Å². The van der Waals surface area contributed by atoms with Crippen molar-refractivity contribution in [3.63, 3.8) is 0 Å². The molecule has 9 rings (SSSR count). The zero-order valence-electron chi connectivity index (χ0n) is 37.6. The minimum absolute atomic E-state index is 0. The van der Waals surface area contributed by atoms with Gasteiger partial charge in [0.15, 0.2) is 0 Å². The van der Waals surface area contributed by atoms with Crippen LogP contribution in [-0.2, 0) is 26.5 Å². The standard InChI is InChI=1S/C37H32N3O.C18H24NSi.Ir/c1-22(2)30-20-26(25-12-7-6-8-13-25)21-31(23(3)4)34(30)40-33-17-10-9-16-32(33)39-37(40)29-15-11-14-27-28-18-19-38-24(5)35(28)41-36(27)29;1-14(2)11-16-12-17(15-9-7-6-8-10-15)19-13-18(16)20(3,4)5;/h6-14,16-23H,1-5H3;6-9,12-14H,11H2,1-5H3;/q2*-1;. The van der Waals surface area contributed by atoms with Gasteiger partial charge in [-0.1, -0.05) is 126 Å². The molecular formula is C55H56IrN4OSi-2. The van der Waals surface area contributed by atoms with E-state index < -0.39 is 8.07 Å². The van der Waals surface area contributed by atoms with Crippen LogP contribution in [-0.4, -0.2) is 27.6 Å². The Hall–Kier alpha value is -5.46. The van der Waals surface area contributed by atoms with E-state index in [0.717, 1.165) is 67.7 Å². The number of benzene rings is 5. The van der Waals surface area contributed by atoms with E-state index >= 15 is 0 Å². The van der Waals surface area contributed by atoms with Crippen molar-refractivity contribution in [2.75, 3.05) is 0 Å². The Labute approximate surface area is 382 Å². The second-order valence-corrected chi connectivity index (χ2v) is 23.3. The van der Waals surface area contributed by atoms with Gasteiger partial charge in [0.25, 0.3) is 0 Å². The van der Waals surface area contributed by atoms with Gasteiger partial charge in [-0.05, 0) is 94.6 Å². The van der Waals surface area contributed by atoms with E-state index in [0.29, 0.717) is 17.8 Å². The molecule has 0 unspecified atom stereocenters. The first kappa shape index (κ1) is 44.6. The predicted octanol–water partition coefficient (Wildman–Crippen LogP) is 14.3. The van der Waals surface area contributed by atoms with Crippen LogP contribution >= 0.6 is 0 Å². The summed E-state index contributed by atoms with van der Waals surface area (Å²) in [5, 5.41) is 3.60. The Kier molecular flexibility index (Phi) is 13.3. The number of hydrogen-bond donors (Lipinski definition) is 0. The number of rotatable bonds is 9. The first-order valence-corrected chi connectivity index (χ1v) is 25.2. The summed E-state index contributed by atoms with van der Waals surface area (Å²) in [6, 6.07) is 47.0. The maximum absolute atomic E-state index is 6.54. The van der Waals surface area contributed by atoms with Crippen LogP contribution in [0.15, 0.2) is 132 Å². The largest absolute Gasteiger partial charge is 0.499 e. The van der Waals surface area contributed by atoms with Crippen molar-refractivity contribution in [2.24, 2.45) is 5.92 Å². The Morgan fingerprint density at radius 3 is 2.03 bits per heavy atom. The second kappa shape index (κ2) is 18.5. The normalized spacial score (nSPS) is 11.8. The molecule has 317 valence electrons. The molecule has 0 bridgehead atoms. The second-order valence-electron chi connectivity index (χ2n) is 18.3. The topological polar surface area (TPSA) is 56.7 Å². The number of hydrogen-bond acceptors (Lipinski definition) is 4. The number of pyridine rings is 2. The molecule has 0 atom stereocenters. The van der Waals surface area contributed by atoms with Crippen molar-refractivity contribution >= 4 is 46.2 Å². The number of aryl methyl sites for hydroxylation is 1. The van der Waals surface area contributed by atoms with E-state index in [4.69, 9.17) is 9.40 Å². The molecule has 0 spiro atoms. The minimum atomic E-state index is -1.34. The first-order valence-electron chi connectivity index (χ1n) is 21.7. The summed E-state index contributed by atoms with van der Waals surface area (Å²) < 4.78 is 8.89. The molecule has 62 heavy (non-hydrogen) atoms. The summed E-state index contributed by atoms with van der Waals surface area (Å²) in [6.07, 6.45) is 5.08. The molecule has 0 aliphatic carbocycles. The van der Waals surface area contributed by atoms with Crippen LogP contribution in [0.5, 0.6) is 0 Å². The summed E-state index contributed by atoms with van der Waals surface area (Å²) in [6.45, 7) is 22.8. The van der Waals surface area contributed by atoms with E-state index in [9.17, 15) is 0 Å². The molecule has 4 heterocycles. The van der Waals surface area contributed by atoms with Crippen LogP contribution in [0.4, 0.5) is 0 Å². The Balaban J connectivity index is 0.000000233. The zero-order valence-corrected chi connectivity index (χ0v) is 41.0. The Bertz CT molecular complexity index is 2950. The number of imidazole rings is 1. The molecule has 1 radical (unpaired) electrons.